The molecule has 0 aliphatic carbocycles. The Hall–Kier alpha value is -3.00. The molecule has 0 fully saturated rings. The largest absolute Gasteiger partial charge is 0.469 e. The molecule has 3 rings (SSSR count). The maximum atomic E-state index is 13.2. The number of aromatic nitrogens is 2. The second-order valence-corrected chi connectivity index (χ2v) is 7.61. The van der Waals surface area contributed by atoms with Crippen molar-refractivity contribution in [2.24, 2.45) is 0 Å². The Morgan fingerprint density at radius 1 is 1.24 bits per heavy atom. The fourth-order valence-electron chi connectivity index (χ4n) is 3.13. The fourth-order valence-corrected chi connectivity index (χ4v) is 3.91. The Morgan fingerprint density at radius 2 is 1.97 bits per heavy atom. The van der Waals surface area contributed by atoms with Crippen molar-refractivity contribution in [3.8, 4) is 5.69 Å². The summed E-state index contributed by atoms with van der Waals surface area (Å²) in [5, 5.41) is 9.32. The van der Waals surface area contributed by atoms with E-state index in [0.717, 1.165) is 27.5 Å². The van der Waals surface area contributed by atoms with E-state index in [1.54, 1.807) is 16.8 Å². The van der Waals surface area contributed by atoms with Crippen LogP contribution in [-0.2, 0) is 20.7 Å². The maximum absolute atomic E-state index is 13.2. The molecule has 0 spiro atoms. The third-order valence-corrected chi connectivity index (χ3v) is 5.66. The SMILES string of the molecule is COC(=O)CC(NC(=O)Cc1c(C)nn(-c2ccc(F)cc2)c1C)c1cccs1. The van der Waals surface area contributed by atoms with Crippen LogP contribution in [0.5, 0.6) is 0 Å². The minimum absolute atomic E-state index is 0.0650. The molecule has 0 bridgehead atoms. The van der Waals surface area contributed by atoms with Gasteiger partial charge >= 0.3 is 5.97 Å². The van der Waals surface area contributed by atoms with Gasteiger partial charge in [-0.3, -0.25) is 9.59 Å². The van der Waals surface area contributed by atoms with Crippen molar-refractivity contribution in [3.63, 3.8) is 0 Å². The summed E-state index contributed by atoms with van der Waals surface area (Å²) in [6.45, 7) is 3.71. The zero-order chi connectivity index (χ0) is 21.0. The van der Waals surface area contributed by atoms with Crippen molar-refractivity contribution in [2.75, 3.05) is 7.11 Å². The highest BCUT2D eigenvalue weighted by atomic mass is 32.1. The molecule has 1 N–H and O–H groups in total. The molecule has 3 aromatic rings. The number of carbonyl (C=O) groups excluding carboxylic acids is 2. The van der Waals surface area contributed by atoms with Gasteiger partial charge in [0, 0.05) is 16.1 Å². The monoisotopic (exact) mass is 415 g/mol. The molecule has 29 heavy (non-hydrogen) atoms. The van der Waals surface area contributed by atoms with Gasteiger partial charge in [-0.1, -0.05) is 6.07 Å². The number of hydrogen-bond acceptors (Lipinski definition) is 5. The van der Waals surface area contributed by atoms with E-state index < -0.39 is 6.04 Å². The maximum Gasteiger partial charge on any atom is 0.307 e. The van der Waals surface area contributed by atoms with E-state index in [1.165, 1.54) is 30.6 Å². The summed E-state index contributed by atoms with van der Waals surface area (Å²) < 4.78 is 19.6. The third-order valence-electron chi connectivity index (χ3n) is 4.67. The van der Waals surface area contributed by atoms with Crippen LogP contribution in [0, 0.1) is 19.7 Å². The molecule has 1 atom stereocenters. The average Bonchev–Trinajstić information content (AvgIpc) is 3.32. The van der Waals surface area contributed by atoms with E-state index in [0.29, 0.717) is 0 Å². The lowest BCUT2D eigenvalue weighted by molar-refractivity contribution is -0.141. The molecule has 1 unspecified atom stereocenters. The van der Waals surface area contributed by atoms with E-state index in [9.17, 15) is 14.0 Å². The molecule has 0 aliphatic heterocycles. The molecule has 0 radical (unpaired) electrons. The van der Waals surface area contributed by atoms with Crippen LogP contribution in [-0.4, -0.2) is 28.8 Å². The number of nitrogens with zero attached hydrogens (tertiary/aromatic N) is 2. The molecular weight excluding hydrogens is 393 g/mol. The first-order valence-electron chi connectivity index (χ1n) is 9.09. The number of hydrogen-bond donors (Lipinski definition) is 1. The highest BCUT2D eigenvalue weighted by Crippen LogP contribution is 2.24. The number of thiophene rings is 1. The van der Waals surface area contributed by atoms with E-state index in [-0.39, 0.29) is 30.5 Å². The van der Waals surface area contributed by atoms with Crippen molar-refractivity contribution in [1.82, 2.24) is 15.1 Å². The summed E-state index contributed by atoms with van der Waals surface area (Å²) in [7, 11) is 1.33. The van der Waals surface area contributed by atoms with Crippen molar-refractivity contribution < 1.29 is 18.7 Å². The topological polar surface area (TPSA) is 73.2 Å². The van der Waals surface area contributed by atoms with Gasteiger partial charge in [0.25, 0.3) is 0 Å². The molecule has 2 aromatic heterocycles. The highest BCUT2D eigenvalue weighted by Gasteiger charge is 2.22. The molecule has 6 nitrogen and oxygen atoms in total. The lowest BCUT2D eigenvalue weighted by atomic mass is 10.1. The molecule has 1 aromatic carbocycles. The molecule has 152 valence electrons. The Bertz CT molecular complexity index is 997. The number of amides is 1. The van der Waals surface area contributed by atoms with Crippen LogP contribution in [0.15, 0.2) is 41.8 Å². The van der Waals surface area contributed by atoms with Gasteiger partial charge in [0.05, 0.1) is 37.4 Å². The third kappa shape index (κ3) is 4.89. The fraction of sp³-hybridized carbons (Fsp3) is 0.286. The van der Waals surface area contributed by atoms with Crippen LogP contribution in [0.3, 0.4) is 0 Å². The summed E-state index contributed by atoms with van der Waals surface area (Å²) >= 11 is 1.47. The number of carbonyl (C=O) groups is 2. The summed E-state index contributed by atoms with van der Waals surface area (Å²) in [5.74, 6) is -0.919. The summed E-state index contributed by atoms with van der Waals surface area (Å²) in [5.41, 5.74) is 3.06. The second-order valence-electron chi connectivity index (χ2n) is 6.63. The Balaban J connectivity index is 1.77. The van der Waals surface area contributed by atoms with Gasteiger partial charge in [-0.2, -0.15) is 5.10 Å². The van der Waals surface area contributed by atoms with Gasteiger partial charge < -0.3 is 10.1 Å². The van der Waals surface area contributed by atoms with Crippen molar-refractivity contribution >= 4 is 23.2 Å². The number of methoxy groups -OCH3 is 1. The first-order valence-corrected chi connectivity index (χ1v) is 9.97. The van der Waals surface area contributed by atoms with Crippen molar-refractivity contribution in [1.29, 1.82) is 0 Å². The number of esters is 1. The number of nitrogens with one attached hydrogen (secondary N) is 1. The van der Waals surface area contributed by atoms with Crippen LogP contribution < -0.4 is 5.32 Å². The van der Waals surface area contributed by atoms with Crippen LogP contribution in [0.25, 0.3) is 5.69 Å². The highest BCUT2D eigenvalue weighted by molar-refractivity contribution is 7.10. The Kier molecular flexibility index (Phi) is 6.43. The number of benzene rings is 1. The Morgan fingerprint density at radius 3 is 2.59 bits per heavy atom. The molecule has 1 amide bonds. The predicted molar refractivity (Wildman–Crippen MR) is 109 cm³/mol. The minimum Gasteiger partial charge on any atom is -0.469 e. The first kappa shape index (κ1) is 20.7. The van der Waals surface area contributed by atoms with E-state index in [1.807, 2.05) is 31.4 Å². The van der Waals surface area contributed by atoms with Crippen molar-refractivity contribution in [3.05, 3.63) is 69.4 Å². The molecular formula is C21H22FN3O3S. The van der Waals surface area contributed by atoms with Gasteiger partial charge in [-0.15, -0.1) is 11.3 Å². The summed E-state index contributed by atoms with van der Waals surface area (Å²) in [6, 6.07) is 9.33. The van der Waals surface area contributed by atoms with Gasteiger partial charge in [0.2, 0.25) is 5.91 Å². The molecule has 0 saturated carbocycles. The van der Waals surface area contributed by atoms with E-state index in [4.69, 9.17) is 4.74 Å². The molecule has 0 aliphatic rings. The lowest BCUT2D eigenvalue weighted by Crippen LogP contribution is -2.31. The second kappa shape index (κ2) is 9.00. The number of halogens is 1. The van der Waals surface area contributed by atoms with Gasteiger partial charge in [-0.25, -0.2) is 9.07 Å². The van der Waals surface area contributed by atoms with Gasteiger partial charge in [-0.05, 0) is 49.6 Å². The molecule has 2 heterocycles. The minimum atomic E-state index is -0.442. The lowest BCUT2D eigenvalue weighted by Gasteiger charge is -2.16. The van der Waals surface area contributed by atoms with Crippen LogP contribution in [0.4, 0.5) is 4.39 Å². The summed E-state index contributed by atoms with van der Waals surface area (Å²) in [6.07, 6.45) is 0.192. The smallest absolute Gasteiger partial charge is 0.307 e. The zero-order valence-corrected chi connectivity index (χ0v) is 17.3. The van der Waals surface area contributed by atoms with Gasteiger partial charge in [0.15, 0.2) is 0 Å². The number of aryl methyl sites for hydroxylation is 1. The molecule has 8 heteroatoms. The van der Waals surface area contributed by atoms with Crippen LogP contribution in [0.1, 0.15) is 34.3 Å². The van der Waals surface area contributed by atoms with Crippen molar-refractivity contribution in [2.45, 2.75) is 32.7 Å². The normalized spacial score (nSPS) is 11.9. The van der Waals surface area contributed by atoms with Crippen LogP contribution in [0.2, 0.25) is 0 Å². The standard InChI is InChI=1S/C21H22FN3O3S/c1-13-17(14(2)25(24-13)16-8-6-15(22)7-9-16)11-20(26)23-18(12-21(27)28-3)19-5-4-10-29-19/h4-10,18H,11-12H2,1-3H3,(H,23,26). The molecule has 0 saturated heterocycles. The quantitative estimate of drug-likeness (QED) is 0.598. The Labute approximate surface area is 172 Å². The summed E-state index contributed by atoms with van der Waals surface area (Å²) in [4.78, 5) is 25.4. The number of ether oxygens (including phenoxy) is 1. The number of rotatable bonds is 7. The van der Waals surface area contributed by atoms with Gasteiger partial charge in [0.1, 0.15) is 5.82 Å². The zero-order valence-electron chi connectivity index (χ0n) is 16.4. The predicted octanol–water partition coefficient (Wildman–Crippen LogP) is 3.65. The first-order chi connectivity index (χ1) is 13.9. The van der Waals surface area contributed by atoms with E-state index in [2.05, 4.69) is 10.4 Å². The van der Waals surface area contributed by atoms with Crippen LogP contribution >= 0.6 is 11.3 Å². The van der Waals surface area contributed by atoms with E-state index >= 15 is 0 Å². The average molecular weight is 415 g/mol.